The highest BCUT2D eigenvalue weighted by Gasteiger charge is 2.22. The molecule has 0 fully saturated rings. The van der Waals surface area contributed by atoms with Gasteiger partial charge in [0.1, 0.15) is 6.04 Å². The number of carboxylic acid groups (broad SMARTS) is 1. The fourth-order valence-electron chi connectivity index (χ4n) is 3.46. The smallest absolute Gasteiger partial charge is 0.326 e. The van der Waals surface area contributed by atoms with Crippen LogP contribution < -0.4 is 5.32 Å². The van der Waals surface area contributed by atoms with Crippen molar-refractivity contribution in [3.8, 4) is 0 Å². The maximum absolute atomic E-state index is 12.7. The van der Waals surface area contributed by atoms with Crippen molar-refractivity contribution in [2.45, 2.75) is 12.5 Å². The first-order valence-electron chi connectivity index (χ1n) is 9.11. The Kier molecular flexibility index (Phi) is 4.77. The summed E-state index contributed by atoms with van der Waals surface area (Å²) >= 11 is 0. The Morgan fingerprint density at radius 2 is 1.46 bits per heavy atom. The van der Waals surface area contributed by atoms with E-state index < -0.39 is 17.9 Å². The number of nitrogens with one attached hydrogen (secondary N) is 1. The first-order chi connectivity index (χ1) is 13.6. The van der Waals surface area contributed by atoms with Crippen LogP contribution in [0.1, 0.15) is 15.9 Å². The number of fused-ring (bicyclic) bond motifs is 2. The summed E-state index contributed by atoms with van der Waals surface area (Å²) in [5.74, 6) is -1.44. The van der Waals surface area contributed by atoms with Crippen LogP contribution in [-0.4, -0.2) is 23.0 Å². The molecule has 4 nitrogen and oxygen atoms in total. The zero-order chi connectivity index (χ0) is 19.5. The van der Waals surface area contributed by atoms with E-state index >= 15 is 0 Å². The number of hydrogen-bond acceptors (Lipinski definition) is 2. The third-order valence-electron chi connectivity index (χ3n) is 4.92. The predicted molar refractivity (Wildman–Crippen MR) is 110 cm³/mol. The van der Waals surface area contributed by atoms with Crippen LogP contribution in [0.25, 0.3) is 21.5 Å². The highest BCUT2D eigenvalue weighted by Crippen LogP contribution is 2.20. The van der Waals surface area contributed by atoms with Crippen molar-refractivity contribution in [2.75, 3.05) is 0 Å². The Morgan fingerprint density at radius 1 is 0.786 bits per heavy atom. The molecular weight excluding hydrogens is 350 g/mol. The van der Waals surface area contributed by atoms with Crippen LogP contribution in [0, 0.1) is 0 Å². The van der Waals surface area contributed by atoms with Crippen molar-refractivity contribution in [3.05, 3.63) is 96.1 Å². The van der Waals surface area contributed by atoms with Gasteiger partial charge in [-0.05, 0) is 39.2 Å². The van der Waals surface area contributed by atoms with Gasteiger partial charge in [-0.1, -0.05) is 72.8 Å². The number of carbonyl (C=O) groups is 2. The summed E-state index contributed by atoms with van der Waals surface area (Å²) in [5, 5.41) is 16.3. The van der Waals surface area contributed by atoms with E-state index in [1.54, 1.807) is 12.1 Å². The third-order valence-corrected chi connectivity index (χ3v) is 4.92. The van der Waals surface area contributed by atoms with E-state index in [4.69, 9.17) is 0 Å². The first-order valence-corrected chi connectivity index (χ1v) is 9.11. The van der Waals surface area contributed by atoms with Gasteiger partial charge in [0.15, 0.2) is 0 Å². The van der Waals surface area contributed by atoms with Crippen LogP contribution in [0.4, 0.5) is 0 Å². The molecule has 4 aromatic carbocycles. The van der Waals surface area contributed by atoms with E-state index in [2.05, 4.69) is 5.32 Å². The van der Waals surface area contributed by atoms with Gasteiger partial charge in [0.2, 0.25) is 0 Å². The van der Waals surface area contributed by atoms with Crippen LogP contribution in [0.3, 0.4) is 0 Å². The molecule has 4 aromatic rings. The van der Waals surface area contributed by atoms with Crippen LogP contribution in [0.2, 0.25) is 0 Å². The standard InChI is InChI=1S/C24H19NO3/c26-23(20-13-12-16-6-1-2-8-18(16)14-20)25-22(24(27)28)15-19-10-5-9-17-7-3-4-11-21(17)19/h1-14,22H,15H2,(H,25,26)(H,27,28)/t22-/m1/s1. The maximum Gasteiger partial charge on any atom is 0.326 e. The minimum atomic E-state index is -1.05. The number of carboxylic acids is 1. The lowest BCUT2D eigenvalue weighted by molar-refractivity contribution is -0.139. The van der Waals surface area contributed by atoms with Gasteiger partial charge in [0.25, 0.3) is 5.91 Å². The quantitative estimate of drug-likeness (QED) is 0.547. The van der Waals surface area contributed by atoms with Crippen molar-refractivity contribution >= 4 is 33.4 Å². The molecule has 0 aliphatic carbocycles. The number of aliphatic carboxylic acids is 1. The molecule has 28 heavy (non-hydrogen) atoms. The van der Waals surface area contributed by atoms with Crippen molar-refractivity contribution in [2.24, 2.45) is 0 Å². The van der Waals surface area contributed by atoms with Gasteiger partial charge in [-0.3, -0.25) is 4.79 Å². The van der Waals surface area contributed by atoms with Gasteiger partial charge < -0.3 is 10.4 Å². The SMILES string of the molecule is O=C(N[C@H](Cc1cccc2ccccc12)C(=O)O)c1ccc2ccccc2c1. The van der Waals surface area contributed by atoms with Crippen molar-refractivity contribution < 1.29 is 14.7 Å². The second kappa shape index (κ2) is 7.53. The first kappa shape index (κ1) is 17.7. The zero-order valence-electron chi connectivity index (χ0n) is 15.1. The summed E-state index contributed by atoms with van der Waals surface area (Å²) < 4.78 is 0. The molecule has 0 heterocycles. The Labute approximate surface area is 162 Å². The average Bonchev–Trinajstić information content (AvgIpc) is 2.73. The molecule has 0 aliphatic rings. The highest BCUT2D eigenvalue weighted by molar-refractivity contribution is 6.00. The van der Waals surface area contributed by atoms with Crippen molar-refractivity contribution in [3.63, 3.8) is 0 Å². The second-order valence-electron chi connectivity index (χ2n) is 6.77. The van der Waals surface area contributed by atoms with Crippen LogP contribution >= 0.6 is 0 Å². The Bertz CT molecular complexity index is 1180. The number of rotatable bonds is 5. The molecule has 0 radical (unpaired) electrons. The summed E-state index contributed by atoms with van der Waals surface area (Å²) in [6.45, 7) is 0. The monoisotopic (exact) mass is 369 g/mol. The Morgan fingerprint density at radius 3 is 2.25 bits per heavy atom. The van der Waals surface area contributed by atoms with Gasteiger partial charge in [-0.2, -0.15) is 0 Å². The molecule has 0 unspecified atom stereocenters. The minimum absolute atomic E-state index is 0.218. The van der Waals surface area contributed by atoms with Gasteiger partial charge >= 0.3 is 5.97 Å². The number of amides is 1. The molecule has 138 valence electrons. The second-order valence-corrected chi connectivity index (χ2v) is 6.77. The molecule has 0 saturated heterocycles. The average molecular weight is 369 g/mol. The van der Waals surface area contributed by atoms with Gasteiger partial charge in [0.05, 0.1) is 0 Å². The lowest BCUT2D eigenvalue weighted by Crippen LogP contribution is -2.42. The molecule has 0 aromatic heterocycles. The molecule has 0 spiro atoms. The summed E-state index contributed by atoms with van der Waals surface area (Å²) in [5.41, 5.74) is 1.34. The Balaban J connectivity index is 1.59. The van der Waals surface area contributed by atoms with E-state index in [1.807, 2.05) is 72.8 Å². The largest absolute Gasteiger partial charge is 0.480 e. The van der Waals surface area contributed by atoms with E-state index in [0.29, 0.717) is 5.56 Å². The maximum atomic E-state index is 12.7. The van der Waals surface area contributed by atoms with E-state index in [-0.39, 0.29) is 6.42 Å². The summed E-state index contributed by atoms with van der Waals surface area (Å²) in [7, 11) is 0. The lowest BCUT2D eigenvalue weighted by atomic mass is 9.98. The molecule has 2 N–H and O–H groups in total. The molecule has 4 rings (SSSR count). The number of benzene rings is 4. The zero-order valence-corrected chi connectivity index (χ0v) is 15.1. The van der Waals surface area contributed by atoms with E-state index in [0.717, 1.165) is 27.1 Å². The fraction of sp³-hybridized carbons (Fsp3) is 0.0833. The van der Waals surface area contributed by atoms with Crippen LogP contribution in [0.5, 0.6) is 0 Å². The normalized spacial score (nSPS) is 12.0. The number of hydrogen-bond donors (Lipinski definition) is 2. The highest BCUT2D eigenvalue weighted by atomic mass is 16.4. The molecular formula is C24H19NO3. The van der Waals surface area contributed by atoms with Gasteiger partial charge in [0, 0.05) is 12.0 Å². The molecule has 1 amide bonds. The van der Waals surface area contributed by atoms with Gasteiger partial charge in [-0.25, -0.2) is 4.79 Å². The van der Waals surface area contributed by atoms with Crippen LogP contribution in [0.15, 0.2) is 84.9 Å². The summed E-state index contributed by atoms with van der Waals surface area (Å²) in [6, 6.07) is 25.7. The Hall–Kier alpha value is -3.66. The molecule has 4 heteroatoms. The van der Waals surface area contributed by atoms with Crippen molar-refractivity contribution in [1.82, 2.24) is 5.32 Å². The van der Waals surface area contributed by atoms with E-state index in [1.165, 1.54) is 0 Å². The predicted octanol–water partition coefficient (Wildman–Crippen LogP) is 4.42. The third kappa shape index (κ3) is 3.58. The lowest BCUT2D eigenvalue weighted by Gasteiger charge is -2.16. The topological polar surface area (TPSA) is 66.4 Å². The fourth-order valence-corrected chi connectivity index (χ4v) is 3.46. The molecule has 0 aliphatic heterocycles. The van der Waals surface area contributed by atoms with E-state index in [9.17, 15) is 14.7 Å². The molecule has 0 saturated carbocycles. The summed E-state index contributed by atoms with van der Waals surface area (Å²) in [4.78, 5) is 24.5. The minimum Gasteiger partial charge on any atom is -0.480 e. The van der Waals surface area contributed by atoms with Crippen LogP contribution in [-0.2, 0) is 11.2 Å². The van der Waals surface area contributed by atoms with Gasteiger partial charge in [-0.15, -0.1) is 0 Å². The molecule has 0 bridgehead atoms. The number of carbonyl (C=O) groups excluding carboxylic acids is 1. The van der Waals surface area contributed by atoms with Crippen molar-refractivity contribution in [1.29, 1.82) is 0 Å². The summed E-state index contributed by atoms with van der Waals surface area (Å²) in [6.07, 6.45) is 0.218. The molecule has 1 atom stereocenters.